The maximum absolute atomic E-state index is 13.3. The molecule has 0 spiro atoms. The number of hydrogen-bond acceptors (Lipinski definition) is 3. The van der Waals surface area contributed by atoms with Crippen LogP contribution in [-0.4, -0.2) is 24.8 Å². The van der Waals surface area contributed by atoms with E-state index < -0.39 is 5.92 Å². The van der Waals surface area contributed by atoms with Gasteiger partial charge in [-0.25, -0.2) is 0 Å². The van der Waals surface area contributed by atoms with Crippen LogP contribution < -0.4 is 10.1 Å². The van der Waals surface area contributed by atoms with Crippen molar-refractivity contribution in [2.24, 2.45) is 17.8 Å². The molecule has 1 amide bonds. The summed E-state index contributed by atoms with van der Waals surface area (Å²) in [5, 5.41) is 3.17. The van der Waals surface area contributed by atoms with Crippen LogP contribution in [0.2, 0.25) is 0 Å². The molecule has 2 aromatic rings. The Labute approximate surface area is 178 Å². The number of rotatable bonds is 5. The minimum atomic E-state index is -0.687. The zero-order valence-corrected chi connectivity index (χ0v) is 17.6. The first-order valence-electron chi connectivity index (χ1n) is 10.8. The molecule has 2 fully saturated rings. The molecule has 1 aliphatic carbocycles. The van der Waals surface area contributed by atoms with E-state index in [4.69, 9.17) is 4.74 Å². The number of amides is 1. The number of allylic oxidation sites excluding steroid dienone is 1. The number of carbonyl (C=O) groups is 2. The third kappa shape index (κ3) is 4.18. The first kappa shape index (κ1) is 20.4. The van der Waals surface area contributed by atoms with Crippen molar-refractivity contribution in [3.63, 3.8) is 0 Å². The lowest BCUT2D eigenvalue weighted by atomic mass is 9.63. The fraction of sp³-hybridized carbons (Fsp3) is 0.385. The number of piperidine rings is 1. The number of benzene rings is 2. The first-order valence-corrected chi connectivity index (χ1v) is 10.8. The van der Waals surface area contributed by atoms with Gasteiger partial charge >= 0.3 is 0 Å². The van der Waals surface area contributed by atoms with Gasteiger partial charge in [-0.2, -0.15) is 0 Å². The highest BCUT2D eigenvalue weighted by Crippen LogP contribution is 2.45. The van der Waals surface area contributed by atoms with Crippen molar-refractivity contribution < 1.29 is 14.3 Å². The van der Waals surface area contributed by atoms with Crippen LogP contribution in [-0.2, 0) is 9.59 Å². The minimum Gasteiger partial charge on any atom is -0.497 e. The Hall–Kier alpha value is -2.88. The Morgan fingerprint density at radius 2 is 1.80 bits per heavy atom. The summed E-state index contributed by atoms with van der Waals surface area (Å²) < 4.78 is 5.18. The average Bonchev–Trinajstić information content (AvgIpc) is 2.78. The molecule has 0 bridgehead atoms. The van der Waals surface area contributed by atoms with E-state index in [1.165, 1.54) is 0 Å². The summed E-state index contributed by atoms with van der Waals surface area (Å²) in [5.74, 6) is 0.633. The number of fused-ring (bicyclic) bond motifs is 1. The lowest BCUT2D eigenvalue weighted by molar-refractivity contribution is -0.138. The molecule has 4 heteroatoms. The summed E-state index contributed by atoms with van der Waals surface area (Å²) in [4.78, 5) is 26.3. The van der Waals surface area contributed by atoms with E-state index in [2.05, 4.69) is 24.4 Å². The maximum Gasteiger partial charge on any atom is 0.231 e. The average molecular weight is 404 g/mol. The van der Waals surface area contributed by atoms with Crippen LogP contribution >= 0.6 is 0 Å². The highest BCUT2D eigenvalue weighted by atomic mass is 16.5. The number of ether oxygens (including phenoxy) is 1. The van der Waals surface area contributed by atoms with Crippen molar-refractivity contribution in [2.75, 3.05) is 7.11 Å². The monoisotopic (exact) mass is 403 g/mol. The zero-order valence-electron chi connectivity index (χ0n) is 17.6. The van der Waals surface area contributed by atoms with Crippen LogP contribution in [0.3, 0.4) is 0 Å². The van der Waals surface area contributed by atoms with Crippen LogP contribution in [0, 0.1) is 17.8 Å². The first-order chi connectivity index (χ1) is 14.6. The van der Waals surface area contributed by atoms with Gasteiger partial charge in [-0.15, -0.1) is 0 Å². The van der Waals surface area contributed by atoms with Crippen molar-refractivity contribution in [1.82, 2.24) is 5.32 Å². The second-order valence-corrected chi connectivity index (χ2v) is 8.62. The Kier molecular flexibility index (Phi) is 6.03. The van der Waals surface area contributed by atoms with Gasteiger partial charge < -0.3 is 10.1 Å². The highest BCUT2D eigenvalue weighted by Gasteiger charge is 2.48. The predicted molar refractivity (Wildman–Crippen MR) is 118 cm³/mol. The van der Waals surface area contributed by atoms with Crippen molar-refractivity contribution in [1.29, 1.82) is 0 Å². The summed E-state index contributed by atoms with van der Waals surface area (Å²) in [6, 6.07) is 17.8. The quantitative estimate of drug-likeness (QED) is 0.586. The molecule has 4 nitrogen and oxygen atoms in total. The van der Waals surface area contributed by atoms with Crippen LogP contribution in [0.15, 0.2) is 60.7 Å². The molecule has 0 aromatic heterocycles. The van der Waals surface area contributed by atoms with Gasteiger partial charge in [0.25, 0.3) is 0 Å². The van der Waals surface area contributed by atoms with Gasteiger partial charge in [-0.05, 0) is 60.4 Å². The second kappa shape index (κ2) is 8.86. The van der Waals surface area contributed by atoms with E-state index in [0.29, 0.717) is 5.92 Å². The third-order valence-electron chi connectivity index (χ3n) is 6.64. The van der Waals surface area contributed by atoms with Crippen molar-refractivity contribution in [3.05, 3.63) is 71.8 Å². The van der Waals surface area contributed by atoms with Gasteiger partial charge in [0.15, 0.2) is 5.78 Å². The molecule has 5 atom stereocenters. The molecule has 156 valence electrons. The summed E-state index contributed by atoms with van der Waals surface area (Å²) in [6.45, 7) is 2.27. The minimum absolute atomic E-state index is 0.0827. The molecule has 1 heterocycles. The SMILES string of the molecule is COc1ccc(C=CC(=O)C2C(=O)NC3CCC(C)CC3C2c2ccccc2)cc1. The normalized spacial score (nSPS) is 28.6. The molecule has 1 saturated carbocycles. The fourth-order valence-electron chi connectivity index (χ4n) is 5.10. The molecule has 2 aliphatic rings. The Morgan fingerprint density at radius 3 is 2.50 bits per heavy atom. The van der Waals surface area contributed by atoms with E-state index in [9.17, 15) is 9.59 Å². The lowest BCUT2D eigenvalue weighted by Crippen LogP contribution is -2.57. The summed E-state index contributed by atoms with van der Waals surface area (Å²) in [5.41, 5.74) is 1.99. The largest absolute Gasteiger partial charge is 0.497 e. The number of nitrogens with one attached hydrogen (secondary N) is 1. The Morgan fingerprint density at radius 1 is 1.07 bits per heavy atom. The molecule has 5 unspecified atom stereocenters. The summed E-state index contributed by atoms with van der Waals surface area (Å²) in [7, 11) is 1.62. The van der Waals surface area contributed by atoms with Crippen LogP contribution in [0.25, 0.3) is 6.08 Å². The second-order valence-electron chi connectivity index (χ2n) is 8.62. The predicted octanol–water partition coefficient (Wildman–Crippen LogP) is 4.61. The zero-order chi connectivity index (χ0) is 21.1. The van der Waals surface area contributed by atoms with Gasteiger partial charge in [0, 0.05) is 12.0 Å². The van der Waals surface area contributed by atoms with Crippen molar-refractivity contribution in [2.45, 2.75) is 38.1 Å². The molecule has 2 aromatic carbocycles. The molecule has 1 N–H and O–H groups in total. The Bertz CT molecular complexity index is 919. The highest BCUT2D eigenvalue weighted by molar-refractivity contribution is 6.09. The van der Waals surface area contributed by atoms with Crippen molar-refractivity contribution in [3.8, 4) is 5.75 Å². The lowest BCUT2D eigenvalue weighted by Gasteiger charge is -2.46. The molecule has 4 rings (SSSR count). The van der Waals surface area contributed by atoms with Gasteiger partial charge in [-0.1, -0.05) is 55.5 Å². The topological polar surface area (TPSA) is 55.4 Å². The fourth-order valence-corrected chi connectivity index (χ4v) is 5.10. The van der Waals surface area contributed by atoms with Gasteiger partial charge in [-0.3, -0.25) is 9.59 Å². The summed E-state index contributed by atoms with van der Waals surface area (Å²) in [6.07, 6.45) is 6.50. The van der Waals surface area contributed by atoms with E-state index in [1.807, 2.05) is 42.5 Å². The molecular weight excluding hydrogens is 374 g/mol. The van der Waals surface area contributed by atoms with Gasteiger partial charge in [0.2, 0.25) is 5.91 Å². The molecule has 1 saturated heterocycles. The molecule has 30 heavy (non-hydrogen) atoms. The van der Waals surface area contributed by atoms with Crippen LogP contribution in [0.5, 0.6) is 5.75 Å². The molecule has 1 aliphatic heterocycles. The van der Waals surface area contributed by atoms with E-state index in [1.54, 1.807) is 19.3 Å². The van der Waals surface area contributed by atoms with Gasteiger partial charge in [0.05, 0.1) is 7.11 Å². The van der Waals surface area contributed by atoms with Crippen LogP contribution in [0.4, 0.5) is 0 Å². The molecular formula is C26H29NO3. The van der Waals surface area contributed by atoms with Crippen molar-refractivity contribution >= 4 is 17.8 Å². The maximum atomic E-state index is 13.3. The number of carbonyl (C=O) groups excluding carboxylic acids is 2. The van der Waals surface area contributed by atoms with E-state index in [0.717, 1.165) is 36.1 Å². The van der Waals surface area contributed by atoms with Crippen LogP contribution in [0.1, 0.15) is 43.2 Å². The number of ketones is 1. The molecule has 0 radical (unpaired) electrons. The smallest absolute Gasteiger partial charge is 0.231 e. The standard InChI is InChI=1S/C26H29NO3/c1-17-8-14-22-21(16-17)24(19-6-4-3-5-7-19)25(26(29)27-22)23(28)15-11-18-9-12-20(30-2)13-10-18/h3-7,9-13,15,17,21-22,24-25H,8,14,16H2,1-2H3,(H,27,29). The van der Waals surface area contributed by atoms with E-state index in [-0.39, 0.29) is 29.6 Å². The number of methoxy groups -OCH3 is 1. The van der Waals surface area contributed by atoms with E-state index >= 15 is 0 Å². The van der Waals surface area contributed by atoms with Gasteiger partial charge in [0.1, 0.15) is 11.7 Å². The number of hydrogen-bond donors (Lipinski definition) is 1. The summed E-state index contributed by atoms with van der Waals surface area (Å²) >= 11 is 0. The third-order valence-corrected chi connectivity index (χ3v) is 6.64. The Balaban J connectivity index is 1.63.